The van der Waals surface area contributed by atoms with E-state index in [4.69, 9.17) is 4.74 Å². The van der Waals surface area contributed by atoms with E-state index in [9.17, 15) is 9.59 Å². The number of ether oxygens (including phenoxy) is 1. The number of carbonyl (C=O) groups is 2. The van der Waals surface area contributed by atoms with Gasteiger partial charge in [0.1, 0.15) is 0 Å². The topological polar surface area (TPSA) is 67.4 Å². The lowest BCUT2D eigenvalue weighted by molar-refractivity contribution is -0.108. The highest BCUT2D eigenvalue weighted by Gasteiger charge is 2.48. The van der Waals surface area contributed by atoms with Crippen LogP contribution in [-0.2, 0) is 16.0 Å². The quantitative estimate of drug-likeness (QED) is 0.788. The van der Waals surface area contributed by atoms with Crippen LogP contribution in [0.3, 0.4) is 0 Å². The number of nitrogens with one attached hydrogen (secondary N) is 2. The van der Waals surface area contributed by atoms with Crippen LogP contribution in [0.25, 0.3) is 0 Å². The predicted octanol–water partition coefficient (Wildman–Crippen LogP) is 3.97. The molecule has 1 atom stereocenters. The first-order valence-corrected chi connectivity index (χ1v) is 10.3. The molecule has 0 aromatic heterocycles. The lowest BCUT2D eigenvalue weighted by Gasteiger charge is -2.41. The third kappa shape index (κ3) is 3.49. The lowest BCUT2D eigenvalue weighted by Crippen LogP contribution is -2.45. The maximum Gasteiger partial charge on any atom is 0.321 e. The van der Waals surface area contributed by atoms with Gasteiger partial charge in [0, 0.05) is 7.11 Å². The van der Waals surface area contributed by atoms with Gasteiger partial charge in [-0.3, -0.25) is 10.1 Å². The molecule has 2 saturated carbocycles. The van der Waals surface area contributed by atoms with E-state index in [0.717, 1.165) is 32.1 Å². The van der Waals surface area contributed by atoms with Gasteiger partial charge >= 0.3 is 6.03 Å². The second kappa shape index (κ2) is 7.63. The molecule has 2 fully saturated rings. The largest absolute Gasteiger partial charge is 0.381 e. The first kappa shape index (κ1) is 18.5. The van der Waals surface area contributed by atoms with Crippen molar-refractivity contribution in [3.8, 4) is 0 Å². The fourth-order valence-electron chi connectivity index (χ4n) is 5.69. The molecule has 146 valence electrons. The number of amides is 3. The third-order valence-corrected chi connectivity index (χ3v) is 7.19. The van der Waals surface area contributed by atoms with Crippen molar-refractivity contribution in [1.29, 1.82) is 0 Å². The van der Waals surface area contributed by atoms with Gasteiger partial charge in [0.25, 0.3) is 0 Å². The Bertz CT molecular complexity index is 704. The molecule has 3 amide bonds. The summed E-state index contributed by atoms with van der Waals surface area (Å²) in [5, 5.41) is 5.38. The van der Waals surface area contributed by atoms with Gasteiger partial charge in [0.2, 0.25) is 6.41 Å². The molecular weight excluding hydrogens is 340 g/mol. The molecule has 5 nitrogen and oxygen atoms in total. The first-order valence-electron chi connectivity index (χ1n) is 10.3. The normalized spacial score (nSPS) is 30.3. The Kier molecular flexibility index (Phi) is 5.22. The molecule has 3 aliphatic rings. The summed E-state index contributed by atoms with van der Waals surface area (Å²) in [4.78, 5) is 22.9. The number of hydrogen-bond donors (Lipinski definition) is 2. The Morgan fingerprint density at radius 2 is 1.93 bits per heavy atom. The van der Waals surface area contributed by atoms with Crippen molar-refractivity contribution in [3.05, 3.63) is 34.9 Å². The second-order valence-corrected chi connectivity index (χ2v) is 8.58. The zero-order valence-corrected chi connectivity index (χ0v) is 16.1. The summed E-state index contributed by atoms with van der Waals surface area (Å²) in [5.41, 5.74) is 4.06. The average molecular weight is 370 g/mol. The summed E-state index contributed by atoms with van der Waals surface area (Å²) in [5.74, 6) is 0.653. The maximum absolute atomic E-state index is 12.2. The summed E-state index contributed by atoms with van der Waals surface area (Å²) < 4.78 is 5.57. The second-order valence-electron chi connectivity index (χ2n) is 8.58. The van der Waals surface area contributed by atoms with Crippen LogP contribution in [0.5, 0.6) is 0 Å². The number of imide groups is 1. The Morgan fingerprint density at radius 3 is 2.59 bits per heavy atom. The molecule has 5 heteroatoms. The van der Waals surface area contributed by atoms with E-state index in [0.29, 0.717) is 18.4 Å². The minimum Gasteiger partial charge on any atom is -0.381 e. The fourth-order valence-corrected chi connectivity index (χ4v) is 5.69. The van der Waals surface area contributed by atoms with Crippen LogP contribution in [-0.4, -0.2) is 25.7 Å². The predicted molar refractivity (Wildman–Crippen MR) is 104 cm³/mol. The summed E-state index contributed by atoms with van der Waals surface area (Å²) in [6.45, 7) is 0. The molecule has 1 spiro atoms. The van der Waals surface area contributed by atoms with E-state index < -0.39 is 6.03 Å². The Hall–Kier alpha value is -1.88. The number of rotatable bonds is 4. The van der Waals surface area contributed by atoms with Crippen molar-refractivity contribution < 1.29 is 14.3 Å². The van der Waals surface area contributed by atoms with Crippen LogP contribution in [0.15, 0.2) is 18.2 Å². The Morgan fingerprint density at radius 1 is 1.19 bits per heavy atom. The molecule has 0 saturated heterocycles. The van der Waals surface area contributed by atoms with Crippen molar-refractivity contribution in [2.24, 2.45) is 5.41 Å². The van der Waals surface area contributed by atoms with Crippen molar-refractivity contribution in [2.45, 2.75) is 75.9 Å². The summed E-state index contributed by atoms with van der Waals surface area (Å²) in [6, 6.07) is 6.49. The van der Waals surface area contributed by atoms with E-state index in [2.05, 4.69) is 28.8 Å². The SMILES string of the molecule is CO[C@H]1CC[C@]2(CC1)Cc1ccc(C3CCCC3)cc1C2NC(=O)NC=O. The van der Waals surface area contributed by atoms with Gasteiger partial charge in [0.15, 0.2) is 0 Å². The minimum absolute atomic E-state index is 0.0336. The van der Waals surface area contributed by atoms with Gasteiger partial charge in [-0.15, -0.1) is 0 Å². The zero-order chi connectivity index (χ0) is 18.9. The van der Waals surface area contributed by atoms with Crippen LogP contribution in [0, 0.1) is 5.41 Å². The van der Waals surface area contributed by atoms with Gasteiger partial charge in [-0.05, 0) is 73.0 Å². The van der Waals surface area contributed by atoms with Gasteiger partial charge in [-0.2, -0.15) is 0 Å². The highest BCUT2D eigenvalue weighted by atomic mass is 16.5. The number of benzene rings is 1. The molecule has 4 rings (SSSR count). The van der Waals surface area contributed by atoms with Gasteiger partial charge < -0.3 is 10.1 Å². The Labute approximate surface area is 161 Å². The molecular formula is C22H30N2O3. The Balaban J connectivity index is 1.64. The van der Waals surface area contributed by atoms with E-state index in [1.807, 2.05) is 0 Å². The fraction of sp³-hybridized carbons (Fsp3) is 0.636. The number of hydrogen-bond acceptors (Lipinski definition) is 3. The van der Waals surface area contributed by atoms with Crippen LogP contribution < -0.4 is 10.6 Å². The lowest BCUT2D eigenvalue weighted by atomic mass is 9.68. The van der Waals surface area contributed by atoms with E-state index in [1.165, 1.54) is 42.4 Å². The molecule has 1 aromatic rings. The van der Waals surface area contributed by atoms with E-state index in [1.54, 1.807) is 7.11 Å². The highest BCUT2D eigenvalue weighted by Crippen LogP contribution is 2.55. The summed E-state index contributed by atoms with van der Waals surface area (Å²) in [6.07, 6.45) is 11.0. The molecule has 1 aromatic carbocycles. The smallest absolute Gasteiger partial charge is 0.321 e. The van der Waals surface area contributed by atoms with Gasteiger partial charge in [-0.25, -0.2) is 4.79 Å². The van der Waals surface area contributed by atoms with Crippen LogP contribution >= 0.6 is 0 Å². The molecule has 0 bridgehead atoms. The minimum atomic E-state index is -0.401. The van der Waals surface area contributed by atoms with E-state index >= 15 is 0 Å². The number of urea groups is 1. The van der Waals surface area contributed by atoms with Crippen LogP contribution in [0.1, 0.15) is 80.0 Å². The molecule has 1 unspecified atom stereocenters. The zero-order valence-electron chi connectivity index (χ0n) is 16.1. The molecule has 0 heterocycles. The van der Waals surface area contributed by atoms with E-state index in [-0.39, 0.29) is 11.5 Å². The standard InChI is InChI=1S/C22H30N2O3/c1-27-18-8-10-22(11-9-18)13-17-7-6-16(15-4-2-3-5-15)12-19(17)20(22)24-21(26)23-14-25/h6-7,12,14-15,18,20H,2-5,8-11,13H2,1H3,(H2,23,24,25,26)/t18-,20?,22-. The van der Waals surface area contributed by atoms with Crippen LogP contribution in [0.4, 0.5) is 4.79 Å². The maximum atomic E-state index is 12.2. The molecule has 3 aliphatic carbocycles. The summed E-state index contributed by atoms with van der Waals surface area (Å²) in [7, 11) is 1.78. The average Bonchev–Trinajstić information content (AvgIpc) is 3.30. The number of carbonyl (C=O) groups excluding carboxylic acids is 2. The molecule has 27 heavy (non-hydrogen) atoms. The van der Waals surface area contributed by atoms with Gasteiger partial charge in [0.05, 0.1) is 12.1 Å². The molecule has 2 N–H and O–H groups in total. The van der Waals surface area contributed by atoms with Gasteiger partial charge in [-0.1, -0.05) is 31.0 Å². The molecule has 0 aliphatic heterocycles. The monoisotopic (exact) mass is 370 g/mol. The number of methoxy groups -OCH3 is 1. The first-order chi connectivity index (χ1) is 13.1. The summed E-state index contributed by atoms with van der Waals surface area (Å²) >= 11 is 0. The highest BCUT2D eigenvalue weighted by molar-refractivity contribution is 5.84. The van der Waals surface area contributed by atoms with Crippen molar-refractivity contribution >= 4 is 12.4 Å². The van der Waals surface area contributed by atoms with Crippen molar-refractivity contribution in [2.75, 3.05) is 7.11 Å². The van der Waals surface area contributed by atoms with Crippen LogP contribution in [0.2, 0.25) is 0 Å². The number of fused-ring (bicyclic) bond motifs is 1. The van der Waals surface area contributed by atoms with Crippen molar-refractivity contribution in [3.63, 3.8) is 0 Å². The third-order valence-electron chi connectivity index (χ3n) is 7.19. The molecule has 0 radical (unpaired) electrons. The van der Waals surface area contributed by atoms with Crippen molar-refractivity contribution in [1.82, 2.24) is 10.6 Å².